The van der Waals surface area contributed by atoms with Crippen molar-refractivity contribution in [3.8, 4) is 0 Å². The molecule has 0 aromatic heterocycles. The molecule has 0 unspecified atom stereocenters. The lowest BCUT2D eigenvalue weighted by Crippen LogP contribution is -2.37. The Morgan fingerprint density at radius 2 is 1.77 bits per heavy atom. The van der Waals surface area contributed by atoms with Gasteiger partial charge in [0.15, 0.2) is 0 Å². The molecule has 13 heavy (non-hydrogen) atoms. The largest absolute Gasteiger partial charge is 0.314 e. The van der Waals surface area contributed by atoms with Gasteiger partial charge in [-0.15, -0.1) is 0 Å². The molecule has 2 fully saturated rings. The van der Waals surface area contributed by atoms with Gasteiger partial charge >= 0.3 is 0 Å². The van der Waals surface area contributed by atoms with Crippen LogP contribution >= 0.6 is 0 Å². The fourth-order valence-electron chi connectivity index (χ4n) is 2.39. The summed E-state index contributed by atoms with van der Waals surface area (Å²) in [5, 5.41) is 3.73. The number of rotatable bonds is 3. The van der Waals surface area contributed by atoms with Gasteiger partial charge in [-0.1, -0.05) is 13.8 Å². The average Bonchev–Trinajstić information content (AvgIpc) is 2.91. The smallest absolute Gasteiger partial charge is 0.00699 e. The molecule has 0 aromatic carbocycles. The molecule has 2 rings (SSSR count). The first-order chi connectivity index (χ1) is 6.25. The second-order valence-corrected chi connectivity index (χ2v) is 5.32. The average molecular weight is 181 g/mol. The zero-order valence-electron chi connectivity index (χ0n) is 9.05. The van der Waals surface area contributed by atoms with E-state index >= 15 is 0 Å². The first-order valence-electron chi connectivity index (χ1n) is 5.99. The van der Waals surface area contributed by atoms with E-state index in [9.17, 15) is 0 Å². The summed E-state index contributed by atoms with van der Waals surface area (Å²) in [5.41, 5.74) is 0. The third kappa shape index (κ3) is 2.70. The minimum Gasteiger partial charge on any atom is -0.314 e. The normalized spacial score (nSPS) is 40.6. The molecular formula is C12H23N. The van der Waals surface area contributed by atoms with Gasteiger partial charge in [0.1, 0.15) is 0 Å². The molecule has 1 nitrogen and oxygen atoms in total. The molecule has 2 aliphatic rings. The fourth-order valence-corrected chi connectivity index (χ4v) is 2.39. The minimum atomic E-state index is 0.840. The molecule has 3 atom stereocenters. The molecule has 0 bridgehead atoms. The van der Waals surface area contributed by atoms with Crippen molar-refractivity contribution in [2.75, 3.05) is 6.54 Å². The van der Waals surface area contributed by atoms with Gasteiger partial charge in [0.2, 0.25) is 0 Å². The summed E-state index contributed by atoms with van der Waals surface area (Å²) in [5.74, 6) is 2.93. The summed E-state index contributed by atoms with van der Waals surface area (Å²) in [6.07, 6.45) is 7.22. The first-order valence-corrected chi connectivity index (χ1v) is 5.99. The monoisotopic (exact) mass is 181 g/mol. The van der Waals surface area contributed by atoms with Gasteiger partial charge in [-0.25, -0.2) is 0 Å². The van der Waals surface area contributed by atoms with E-state index in [1.165, 1.54) is 38.6 Å². The van der Waals surface area contributed by atoms with Crippen molar-refractivity contribution >= 4 is 0 Å². The van der Waals surface area contributed by atoms with Crippen LogP contribution in [0.15, 0.2) is 0 Å². The van der Waals surface area contributed by atoms with Gasteiger partial charge in [-0.3, -0.25) is 0 Å². The van der Waals surface area contributed by atoms with Crippen LogP contribution in [0.25, 0.3) is 0 Å². The Balaban J connectivity index is 1.68. The SMILES string of the molecule is C[C@@H]1CC[C@@H](NCC2CC2)C[C@@H]1C. The van der Waals surface area contributed by atoms with E-state index in [0.717, 1.165) is 23.8 Å². The Kier molecular flexibility index (Phi) is 2.92. The lowest BCUT2D eigenvalue weighted by Gasteiger charge is -2.32. The van der Waals surface area contributed by atoms with Crippen LogP contribution in [0.2, 0.25) is 0 Å². The maximum atomic E-state index is 3.73. The van der Waals surface area contributed by atoms with Crippen LogP contribution in [0.1, 0.15) is 46.0 Å². The molecule has 1 N–H and O–H groups in total. The summed E-state index contributed by atoms with van der Waals surface area (Å²) >= 11 is 0. The third-order valence-electron chi connectivity index (χ3n) is 3.99. The van der Waals surface area contributed by atoms with Gasteiger partial charge < -0.3 is 5.32 Å². The van der Waals surface area contributed by atoms with Crippen LogP contribution in [0.5, 0.6) is 0 Å². The molecule has 0 saturated heterocycles. The van der Waals surface area contributed by atoms with E-state index < -0.39 is 0 Å². The minimum absolute atomic E-state index is 0.840. The Morgan fingerprint density at radius 1 is 1.00 bits per heavy atom. The second-order valence-electron chi connectivity index (χ2n) is 5.32. The van der Waals surface area contributed by atoms with Crippen LogP contribution in [-0.2, 0) is 0 Å². The zero-order chi connectivity index (χ0) is 9.26. The van der Waals surface area contributed by atoms with E-state index in [1.54, 1.807) is 0 Å². The van der Waals surface area contributed by atoms with Crippen LogP contribution in [-0.4, -0.2) is 12.6 Å². The van der Waals surface area contributed by atoms with Gasteiger partial charge in [0, 0.05) is 6.04 Å². The fraction of sp³-hybridized carbons (Fsp3) is 1.00. The highest BCUT2D eigenvalue weighted by Gasteiger charge is 2.26. The van der Waals surface area contributed by atoms with Crippen molar-refractivity contribution in [2.45, 2.75) is 52.0 Å². The number of hydrogen-bond donors (Lipinski definition) is 1. The topological polar surface area (TPSA) is 12.0 Å². The molecular weight excluding hydrogens is 158 g/mol. The molecule has 0 radical (unpaired) electrons. The summed E-state index contributed by atoms with van der Waals surface area (Å²) in [7, 11) is 0. The number of hydrogen-bond acceptors (Lipinski definition) is 1. The van der Waals surface area contributed by atoms with Crippen LogP contribution in [0.4, 0.5) is 0 Å². The van der Waals surface area contributed by atoms with Crippen molar-refractivity contribution in [1.82, 2.24) is 5.32 Å². The van der Waals surface area contributed by atoms with Crippen molar-refractivity contribution in [2.24, 2.45) is 17.8 Å². The molecule has 2 aliphatic carbocycles. The van der Waals surface area contributed by atoms with Crippen LogP contribution in [0, 0.1) is 17.8 Å². The molecule has 0 spiro atoms. The highest BCUT2D eigenvalue weighted by atomic mass is 14.9. The summed E-state index contributed by atoms with van der Waals surface area (Å²) in [4.78, 5) is 0. The highest BCUT2D eigenvalue weighted by Crippen LogP contribution is 2.31. The molecule has 1 heteroatoms. The predicted molar refractivity (Wildman–Crippen MR) is 56.7 cm³/mol. The van der Waals surface area contributed by atoms with Crippen molar-refractivity contribution in [1.29, 1.82) is 0 Å². The third-order valence-corrected chi connectivity index (χ3v) is 3.99. The molecule has 0 aromatic rings. The molecule has 0 amide bonds. The standard InChI is InChI=1S/C12H23N/c1-9-3-6-12(7-10(9)2)13-8-11-4-5-11/h9-13H,3-8H2,1-2H3/t9-,10+,12-/m1/s1. The summed E-state index contributed by atoms with van der Waals surface area (Å²) in [6.45, 7) is 6.11. The lowest BCUT2D eigenvalue weighted by atomic mass is 9.79. The van der Waals surface area contributed by atoms with Gasteiger partial charge in [0.05, 0.1) is 0 Å². The van der Waals surface area contributed by atoms with Gasteiger partial charge in [-0.05, 0) is 56.4 Å². The van der Waals surface area contributed by atoms with Crippen molar-refractivity contribution < 1.29 is 0 Å². The van der Waals surface area contributed by atoms with Crippen LogP contribution < -0.4 is 5.32 Å². The predicted octanol–water partition coefficient (Wildman–Crippen LogP) is 2.81. The Morgan fingerprint density at radius 3 is 2.38 bits per heavy atom. The van der Waals surface area contributed by atoms with Crippen LogP contribution in [0.3, 0.4) is 0 Å². The second kappa shape index (κ2) is 4.00. The quantitative estimate of drug-likeness (QED) is 0.706. The van der Waals surface area contributed by atoms with Gasteiger partial charge in [-0.2, -0.15) is 0 Å². The Labute approximate surface area is 82.3 Å². The highest BCUT2D eigenvalue weighted by molar-refractivity contribution is 4.83. The van der Waals surface area contributed by atoms with E-state index in [4.69, 9.17) is 0 Å². The molecule has 2 saturated carbocycles. The summed E-state index contributed by atoms with van der Waals surface area (Å²) < 4.78 is 0. The summed E-state index contributed by atoms with van der Waals surface area (Å²) in [6, 6.07) is 0.840. The van der Waals surface area contributed by atoms with E-state index in [0.29, 0.717) is 0 Å². The molecule has 0 aliphatic heterocycles. The molecule has 0 heterocycles. The first kappa shape index (κ1) is 9.51. The van der Waals surface area contributed by atoms with Crippen molar-refractivity contribution in [3.63, 3.8) is 0 Å². The Bertz CT molecular complexity index is 163. The van der Waals surface area contributed by atoms with Gasteiger partial charge in [0.25, 0.3) is 0 Å². The molecule has 76 valence electrons. The number of nitrogens with one attached hydrogen (secondary N) is 1. The Hall–Kier alpha value is -0.0400. The lowest BCUT2D eigenvalue weighted by molar-refractivity contribution is 0.225. The van der Waals surface area contributed by atoms with Crippen molar-refractivity contribution in [3.05, 3.63) is 0 Å². The van der Waals surface area contributed by atoms with E-state index in [-0.39, 0.29) is 0 Å². The zero-order valence-corrected chi connectivity index (χ0v) is 9.05. The maximum absolute atomic E-state index is 3.73. The van der Waals surface area contributed by atoms with E-state index in [2.05, 4.69) is 19.2 Å². The van der Waals surface area contributed by atoms with E-state index in [1.807, 2.05) is 0 Å². The maximum Gasteiger partial charge on any atom is 0.00699 e.